The predicted molar refractivity (Wildman–Crippen MR) is 85.6 cm³/mol. The van der Waals surface area contributed by atoms with Gasteiger partial charge in [0.25, 0.3) is 0 Å². The van der Waals surface area contributed by atoms with Crippen molar-refractivity contribution in [3.63, 3.8) is 0 Å². The van der Waals surface area contributed by atoms with E-state index in [4.69, 9.17) is 28.6 Å². The SMILES string of the molecule is [C-]#[N+]c1cc2c(Oc3ccc(Cl)c(N)c3)ccnc2cc1O. The number of rotatable bonds is 2. The summed E-state index contributed by atoms with van der Waals surface area (Å²) in [5.74, 6) is 0.923. The van der Waals surface area contributed by atoms with Gasteiger partial charge < -0.3 is 15.6 Å². The van der Waals surface area contributed by atoms with Crippen molar-refractivity contribution in [1.29, 1.82) is 0 Å². The van der Waals surface area contributed by atoms with E-state index < -0.39 is 0 Å². The van der Waals surface area contributed by atoms with E-state index in [0.29, 0.717) is 33.1 Å². The Morgan fingerprint density at radius 2 is 2.05 bits per heavy atom. The van der Waals surface area contributed by atoms with Gasteiger partial charge in [-0.1, -0.05) is 11.6 Å². The summed E-state index contributed by atoms with van der Waals surface area (Å²) in [4.78, 5) is 7.44. The van der Waals surface area contributed by atoms with Gasteiger partial charge in [-0.25, -0.2) is 4.85 Å². The molecule has 3 N–H and O–H groups in total. The lowest BCUT2D eigenvalue weighted by molar-refractivity contribution is 0.478. The molecular formula is C16H10ClN3O2. The van der Waals surface area contributed by atoms with E-state index >= 15 is 0 Å². The molecule has 0 aliphatic heterocycles. The number of aromatic hydroxyl groups is 1. The molecule has 0 fully saturated rings. The van der Waals surface area contributed by atoms with E-state index in [1.54, 1.807) is 36.5 Å². The number of phenols is 1. The van der Waals surface area contributed by atoms with Gasteiger partial charge in [-0.05, 0) is 30.3 Å². The molecule has 3 rings (SSSR count). The number of phenolic OH excluding ortho intramolecular Hbond substituents is 1. The van der Waals surface area contributed by atoms with E-state index in [0.717, 1.165) is 0 Å². The number of aromatic nitrogens is 1. The van der Waals surface area contributed by atoms with Crippen LogP contribution in [0.15, 0.2) is 42.6 Å². The third-order valence-corrected chi connectivity index (χ3v) is 3.46. The minimum absolute atomic E-state index is 0.108. The van der Waals surface area contributed by atoms with E-state index in [1.165, 1.54) is 6.07 Å². The molecule has 6 heteroatoms. The molecule has 5 nitrogen and oxygen atoms in total. The number of ether oxygens (including phenoxy) is 1. The monoisotopic (exact) mass is 311 g/mol. The first-order valence-electron chi connectivity index (χ1n) is 6.30. The molecule has 0 unspecified atom stereocenters. The van der Waals surface area contributed by atoms with Crippen molar-refractivity contribution in [2.45, 2.75) is 0 Å². The van der Waals surface area contributed by atoms with Gasteiger partial charge in [-0.2, -0.15) is 0 Å². The Morgan fingerprint density at radius 1 is 1.23 bits per heavy atom. The maximum atomic E-state index is 9.73. The number of nitrogen functional groups attached to an aromatic ring is 1. The zero-order chi connectivity index (χ0) is 15.7. The lowest BCUT2D eigenvalue weighted by Gasteiger charge is -2.10. The molecule has 0 saturated heterocycles. The lowest BCUT2D eigenvalue weighted by Crippen LogP contribution is -1.90. The first kappa shape index (κ1) is 14.0. The van der Waals surface area contributed by atoms with Gasteiger partial charge in [-0.15, -0.1) is 0 Å². The number of nitrogens with zero attached hydrogens (tertiary/aromatic N) is 2. The summed E-state index contributed by atoms with van der Waals surface area (Å²) >= 11 is 5.88. The van der Waals surface area contributed by atoms with Crippen LogP contribution in [0.4, 0.5) is 11.4 Å². The number of pyridine rings is 1. The van der Waals surface area contributed by atoms with E-state index in [1.807, 2.05) is 0 Å². The quantitative estimate of drug-likeness (QED) is 0.539. The average molecular weight is 312 g/mol. The number of benzene rings is 2. The summed E-state index contributed by atoms with van der Waals surface area (Å²) in [5.41, 5.74) is 6.84. The van der Waals surface area contributed by atoms with Crippen molar-refractivity contribution < 1.29 is 9.84 Å². The van der Waals surface area contributed by atoms with Crippen LogP contribution in [-0.2, 0) is 0 Å². The van der Waals surface area contributed by atoms with Crippen LogP contribution < -0.4 is 10.5 Å². The van der Waals surface area contributed by atoms with Crippen molar-refractivity contribution in [1.82, 2.24) is 4.98 Å². The van der Waals surface area contributed by atoms with Crippen LogP contribution in [0.2, 0.25) is 5.02 Å². The maximum Gasteiger partial charge on any atom is 0.228 e. The van der Waals surface area contributed by atoms with Crippen LogP contribution in [0.25, 0.3) is 15.7 Å². The van der Waals surface area contributed by atoms with Gasteiger partial charge in [0, 0.05) is 17.6 Å². The normalized spacial score (nSPS) is 10.4. The smallest absolute Gasteiger partial charge is 0.228 e. The Hall–Kier alpha value is -2.97. The highest BCUT2D eigenvalue weighted by Crippen LogP contribution is 2.37. The van der Waals surface area contributed by atoms with Crippen LogP contribution in [-0.4, -0.2) is 10.1 Å². The zero-order valence-corrected chi connectivity index (χ0v) is 12.0. The van der Waals surface area contributed by atoms with Crippen LogP contribution in [0.1, 0.15) is 0 Å². The molecule has 0 spiro atoms. The van der Waals surface area contributed by atoms with Crippen LogP contribution in [0.5, 0.6) is 17.2 Å². The summed E-state index contributed by atoms with van der Waals surface area (Å²) < 4.78 is 5.80. The number of hydrogen-bond donors (Lipinski definition) is 2. The molecule has 0 bridgehead atoms. The zero-order valence-electron chi connectivity index (χ0n) is 11.2. The van der Waals surface area contributed by atoms with Crippen LogP contribution in [0, 0.1) is 6.57 Å². The molecule has 0 saturated carbocycles. The highest BCUT2D eigenvalue weighted by atomic mass is 35.5. The second-order valence-electron chi connectivity index (χ2n) is 4.56. The van der Waals surface area contributed by atoms with Crippen molar-refractivity contribution in [3.05, 3.63) is 59.0 Å². The summed E-state index contributed by atoms with van der Waals surface area (Å²) in [6.45, 7) is 7.08. The molecule has 1 aromatic heterocycles. The molecule has 1 heterocycles. The first-order valence-corrected chi connectivity index (χ1v) is 6.68. The Labute approximate surface area is 131 Å². The van der Waals surface area contributed by atoms with Gasteiger partial charge >= 0.3 is 0 Å². The predicted octanol–water partition coefficient (Wildman–Crippen LogP) is 4.52. The standard InChI is InChI=1S/C16H10ClN3O2/c1-19-14-7-10-13(8-15(14)21)20-5-4-16(10)22-9-2-3-11(17)12(18)6-9/h2-8,21H,18H2. The first-order chi connectivity index (χ1) is 10.6. The molecular weight excluding hydrogens is 302 g/mol. The fourth-order valence-electron chi connectivity index (χ4n) is 2.04. The summed E-state index contributed by atoms with van der Waals surface area (Å²) in [7, 11) is 0. The van der Waals surface area contributed by atoms with E-state index in [-0.39, 0.29) is 11.4 Å². The largest absolute Gasteiger partial charge is 0.519 e. The summed E-state index contributed by atoms with van der Waals surface area (Å²) in [6, 6.07) is 9.61. The number of nitrogens with two attached hydrogens (primary N) is 1. The third-order valence-electron chi connectivity index (χ3n) is 3.11. The van der Waals surface area contributed by atoms with Crippen molar-refractivity contribution in [3.8, 4) is 17.2 Å². The molecule has 2 aromatic carbocycles. The molecule has 0 atom stereocenters. The van der Waals surface area contributed by atoms with Gasteiger partial charge in [-0.3, -0.25) is 4.98 Å². The minimum atomic E-state index is -0.108. The summed E-state index contributed by atoms with van der Waals surface area (Å²) in [5, 5.41) is 10.8. The van der Waals surface area contributed by atoms with E-state index in [2.05, 4.69) is 9.83 Å². The van der Waals surface area contributed by atoms with Gasteiger partial charge in [0.05, 0.1) is 22.8 Å². The van der Waals surface area contributed by atoms with Crippen molar-refractivity contribution >= 4 is 33.9 Å². The molecule has 108 valence electrons. The highest BCUT2D eigenvalue weighted by Gasteiger charge is 2.10. The Balaban J connectivity index is 2.10. The maximum absolute atomic E-state index is 9.73. The molecule has 0 aliphatic rings. The molecule has 3 aromatic rings. The minimum Gasteiger partial charge on any atom is -0.519 e. The van der Waals surface area contributed by atoms with E-state index in [9.17, 15) is 5.11 Å². The topological polar surface area (TPSA) is 72.7 Å². The second-order valence-corrected chi connectivity index (χ2v) is 4.97. The Bertz CT molecular complexity index is 919. The number of halogens is 1. The lowest BCUT2D eigenvalue weighted by atomic mass is 10.1. The van der Waals surface area contributed by atoms with Gasteiger partial charge in [0.1, 0.15) is 17.2 Å². The van der Waals surface area contributed by atoms with Gasteiger partial charge in [0.2, 0.25) is 5.69 Å². The number of anilines is 1. The highest BCUT2D eigenvalue weighted by molar-refractivity contribution is 6.33. The average Bonchev–Trinajstić information content (AvgIpc) is 2.50. The molecule has 0 radical (unpaired) electrons. The fourth-order valence-corrected chi connectivity index (χ4v) is 2.15. The van der Waals surface area contributed by atoms with Gasteiger partial charge in [0.15, 0.2) is 0 Å². The Morgan fingerprint density at radius 3 is 2.77 bits per heavy atom. The summed E-state index contributed by atoms with van der Waals surface area (Å²) in [6.07, 6.45) is 1.56. The van der Waals surface area contributed by atoms with Crippen LogP contribution >= 0.6 is 11.6 Å². The third kappa shape index (κ3) is 2.48. The second kappa shape index (κ2) is 5.43. The molecule has 0 aliphatic carbocycles. The van der Waals surface area contributed by atoms with Crippen molar-refractivity contribution in [2.24, 2.45) is 0 Å². The molecule has 22 heavy (non-hydrogen) atoms. The fraction of sp³-hybridized carbons (Fsp3) is 0. The Kier molecular flexibility index (Phi) is 3.45. The number of fused-ring (bicyclic) bond motifs is 1. The number of hydrogen-bond acceptors (Lipinski definition) is 4. The van der Waals surface area contributed by atoms with Crippen LogP contribution in [0.3, 0.4) is 0 Å². The van der Waals surface area contributed by atoms with Crippen molar-refractivity contribution in [2.75, 3.05) is 5.73 Å². The molecule has 0 amide bonds.